The largest absolute Gasteiger partial charge is 0.339 e. The number of rotatable bonds is 4. The SMILES string of the molecule is CCc1ccc(C(=O)N(CC)CC)cn1. The van der Waals surface area contributed by atoms with Crippen molar-refractivity contribution in [2.24, 2.45) is 0 Å². The molecule has 1 aromatic heterocycles. The third-order valence-electron chi connectivity index (χ3n) is 2.48. The first-order valence-corrected chi connectivity index (χ1v) is 5.47. The highest BCUT2D eigenvalue weighted by atomic mass is 16.2. The smallest absolute Gasteiger partial charge is 0.255 e. The maximum Gasteiger partial charge on any atom is 0.255 e. The van der Waals surface area contributed by atoms with Gasteiger partial charge in [-0.15, -0.1) is 0 Å². The second kappa shape index (κ2) is 5.49. The summed E-state index contributed by atoms with van der Waals surface area (Å²) >= 11 is 0. The van der Waals surface area contributed by atoms with Crippen LogP contribution >= 0.6 is 0 Å². The highest BCUT2D eigenvalue weighted by Gasteiger charge is 2.11. The number of pyridine rings is 1. The lowest BCUT2D eigenvalue weighted by Crippen LogP contribution is -2.30. The molecule has 1 aromatic rings. The summed E-state index contributed by atoms with van der Waals surface area (Å²) in [5.41, 5.74) is 1.70. The number of carbonyl (C=O) groups excluding carboxylic acids is 1. The molecule has 3 nitrogen and oxygen atoms in total. The third kappa shape index (κ3) is 2.78. The van der Waals surface area contributed by atoms with E-state index in [-0.39, 0.29) is 5.91 Å². The number of hydrogen-bond donors (Lipinski definition) is 0. The van der Waals surface area contributed by atoms with E-state index in [1.54, 1.807) is 11.1 Å². The number of amides is 1. The van der Waals surface area contributed by atoms with Gasteiger partial charge in [0.05, 0.1) is 5.56 Å². The highest BCUT2D eigenvalue weighted by Crippen LogP contribution is 2.05. The summed E-state index contributed by atoms with van der Waals surface area (Å²) in [5.74, 6) is 0.0650. The van der Waals surface area contributed by atoms with Gasteiger partial charge < -0.3 is 4.90 Å². The van der Waals surface area contributed by atoms with E-state index in [4.69, 9.17) is 0 Å². The van der Waals surface area contributed by atoms with E-state index in [0.29, 0.717) is 5.56 Å². The Morgan fingerprint density at radius 2 is 1.93 bits per heavy atom. The van der Waals surface area contributed by atoms with Gasteiger partial charge in [-0.1, -0.05) is 6.92 Å². The summed E-state index contributed by atoms with van der Waals surface area (Å²) in [4.78, 5) is 17.9. The van der Waals surface area contributed by atoms with Gasteiger partial charge in [0.2, 0.25) is 0 Å². The van der Waals surface area contributed by atoms with Crippen LogP contribution in [0.25, 0.3) is 0 Å². The molecule has 1 heterocycles. The molecular weight excluding hydrogens is 188 g/mol. The molecule has 82 valence electrons. The number of carbonyl (C=O) groups is 1. The number of aromatic nitrogens is 1. The quantitative estimate of drug-likeness (QED) is 0.756. The van der Waals surface area contributed by atoms with Crippen LogP contribution in [0, 0.1) is 0 Å². The molecule has 0 aromatic carbocycles. The first kappa shape index (κ1) is 11.7. The second-order valence-electron chi connectivity index (χ2n) is 3.37. The minimum absolute atomic E-state index is 0.0650. The van der Waals surface area contributed by atoms with Crippen LogP contribution in [0.15, 0.2) is 18.3 Å². The van der Waals surface area contributed by atoms with Gasteiger partial charge in [0.25, 0.3) is 5.91 Å². The van der Waals surface area contributed by atoms with E-state index in [1.807, 2.05) is 32.9 Å². The van der Waals surface area contributed by atoms with Crippen molar-refractivity contribution in [3.05, 3.63) is 29.6 Å². The van der Waals surface area contributed by atoms with Crippen molar-refractivity contribution in [3.8, 4) is 0 Å². The molecule has 0 radical (unpaired) electrons. The molecule has 1 rings (SSSR count). The molecule has 0 bridgehead atoms. The first-order chi connectivity index (χ1) is 7.22. The third-order valence-corrected chi connectivity index (χ3v) is 2.48. The molecule has 0 spiro atoms. The molecule has 1 amide bonds. The summed E-state index contributed by atoms with van der Waals surface area (Å²) in [6, 6.07) is 3.77. The lowest BCUT2D eigenvalue weighted by molar-refractivity contribution is 0.0772. The molecular formula is C12H18N2O. The van der Waals surface area contributed by atoms with Crippen molar-refractivity contribution in [1.82, 2.24) is 9.88 Å². The maximum absolute atomic E-state index is 11.9. The fourth-order valence-electron chi connectivity index (χ4n) is 1.45. The Morgan fingerprint density at radius 1 is 1.27 bits per heavy atom. The molecule has 0 fully saturated rings. The number of nitrogens with zero attached hydrogens (tertiary/aromatic N) is 2. The van der Waals surface area contributed by atoms with E-state index in [2.05, 4.69) is 4.98 Å². The maximum atomic E-state index is 11.9. The highest BCUT2D eigenvalue weighted by molar-refractivity contribution is 5.93. The molecule has 0 aliphatic rings. The lowest BCUT2D eigenvalue weighted by Gasteiger charge is -2.18. The van der Waals surface area contributed by atoms with E-state index >= 15 is 0 Å². The Kier molecular flexibility index (Phi) is 4.28. The zero-order valence-electron chi connectivity index (χ0n) is 9.66. The molecule has 0 saturated heterocycles. The van der Waals surface area contributed by atoms with E-state index < -0.39 is 0 Å². The van der Waals surface area contributed by atoms with Crippen molar-refractivity contribution in [3.63, 3.8) is 0 Å². The second-order valence-corrected chi connectivity index (χ2v) is 3.37. The fraction of sp³-hybridized carbons (Fsp3) is 0.500. The van der Waals surface area contributed by atoms with Gasteiger partial charge in [-0.25, -0.2) is 0 Å². The molecule has 0 aliphatic heterocycles. The Morgan fingerprint density at radius 3 is 2.33 bits per heavy atom. The summed E-state index contributed by atoms with van der Waals surface area (Å²) in [5, 5.41) is 0. The predicted molar refractivity (Wildman–Crippen MR) is 60.9 cm³/mol. The monoisotopic (exact) mass is 206 g/mol. The van der Waals surface area contributed by atoms with Crippen LogP contribution in [0.1, 0.15) is 36.8 Å². The van der Waals surface area contributed by atoms with E-state index in [1.165, 1.54) is 0 Å². The standard InChI is InChI=1S/C12H18N2O/c1-4-11-8-7-10(9-13-11)12(15)14(5-2)6-3/h7-9H,4-6H2,1-3H3. The molecule has 0 aliphatic carbocycles. The van der Waals surface area contributed by atoms with Gasteiger partial charge >= 0.3 is 0 Å². The van der Waals surface area contributed by atoms with Crippen molar-refractivity contribution in [2.75, 3.05) is 13.1 Å². The molecule has 0 N–H and O–H groups in total. The molecule has 0 atom stereocenters. The van der Waals surface area contributed by atoms with Gasteiger partial charge in [-0.2, -0.15) is 0 Å². The zero-order valence-corrected chi connectivity index (χ0v) is 9.66. The molecule has 0 saturated carbocycles. The lowest BCUT2D eigenvalue weighted by atomic mass is 10.2. The van der Waals surface area contributed by atoms with Crippen molar-refractivity contribution >= 4 is 5.91 Å². The molecule has 3 heteroatoms. The van der Waals surface area contributed by atoms with Crippen LogP contribution in [0.2, 0.25) is 0 Å². The van der Waals surface area contributed by atoms with Crippen LogP contribution in [-0.4, -0.2) is 28.9 Å². The van der Waals surface area contributed by atoms with E-state index in [0.717, 1.165) is 25.2 Å². The fourth-order valence-corrected chi connectivity index (χ4v) is 1.45. The Bertz CT molecular complexity index is 315. The Hall–Kier alpha value is -1.38. The Labute approximate surface area is 91.1 Å². The number of aryl methyl sites for hydroxylation is 1. The van der Waals surface area contributed by atoms with Crippen LogP contribution in [0.4, 0.5) is 0 Å². The van der Waals surface area contributed by atoms with Gasteiger partial charge in [-0.3, -0.25) is 9.78 Å². The van der Waals surface area contributed by atoms with Crippen LogP contribution in [0.3, 0.4) is 0 Å². The summed E-state index contributed by atoms with van der Waals surface area (Å²) in [7, 11) is 0. The molecule has 0 unspecified atom stereocenters. The van der Waals surface area contributed by atoms with Gasteiger partial charge in [0, 0.05) is 25.0 Å². The van der Waals surface area contributed by atoms with E-state index in [9.17, 15) is 4.79 Å². The normalized spacial score (nSPS) is 10.1. The van der Waals surface area contributed by atoms with Crippen molar-refractivity contribution in [2.45, 2.75) is 27.2 Å². The first-order valence-electron chi connectivity index (χ1n) is 5.47. The predicted octanol–water partition coefficient (Wildman–Crippen LogP) is 2.13. The van der Waals surface area contributed by atoms with Crippen LogP contribution < -0.4 is 0 Å². The Balaban J connectivity index is 2.82. The van der Waals surface area contributed by atoms with Crippen LogP contribution in [0.5, 0.6) is 0 Å². The molecule has 15 heavy (non-hydrogen) atoms. The van der Waals surface area contributed by atoms with Gasteiger partial charge in [0.15, 0.2) is 0 Å². The van der Waals surface area contributed by atoms with Gasteiger partial charge in [-0.05, 0) is 32.4 Å². The summed E-state index contributed by atoms with van der Waals surface area (Å²) < 4.78 is 0. The summed E-state index contributed by atoms with van der Waals surface area (Å²) in [6.07, 6.45) is 2.57. The topological polar surface area (TPSA) is 33.2 Å². The van der Waals surface area contributed by atoms with Gasteiger partial charge in [0.1, 0.15) is 0 Å². The number of hydrogen-bond acceptors (Lipinski definition) is 2. The average Bonchev–Trinajstić information content (AvgIpc) is 2.30. The van der Waals surface area contributed by atoms with Crippen LogP contribution in [-0.2, 0) is 6.42 Å². The average molecular weight is 206 g/mol. The minimum atomic E-state index is 0.0650. The van der Waals surface area contributed by atoms with Crippen molar-refractivity contribution < 1.29 is 4.79 Å². The zero-order chi connectivity index (χ0) is 11.3. The minimum Gasteiger partial charge on any atom is -0.339 e. The van der Waals surface area contributed by atoms with Crippen molar-refractivity contribution in [1.29, 1.82) is 0 Å². The summed E-state index contributed by atoms with van der Waals surface area (Å²) in [6.45, 7) is 7.49.